The number of hydrogen-bond acceptors (Lipinski definition) is 5. The van der Waals surface area contributed by atoms with Gasteiger partial charge in [0.05, 0.1) is 6.54 Å². The molecule has 2 aliphatic heterocycles. The first kappa shape index (κ1) is 12.1. The highest BCUT2D eigenvalue weighted by Gasteiger charge is 2.32. The maximum atomic E-state index is 11.7. The summed E-state index contributed by atoms with van der Waals surface area (Å²) in [5.41, 5.74) is 0. The predicted octanol–water partition coefficient (Wildman–Crippen LogP) is -1.89. The topological polar surface area (TPSA) is 82.7 Å². The summed E-state index contributed by atoms with van der Waals surface area (Å²) in [5.74, 6) is -0.00511. The van der Waals surface area contributed by atoms with E-state index in [1.54, 1.807) is 7.05 Å². The average molecular weight is 242 g/mol. The van der Waals surface area contributed by atoms with Crippen molar-refractivity contribution < 1.29 is 14.3 Å². The zero-order chi connectivity index (χ0) is 12.3. The van der Waals surface area contributed by atoms with Crippen molar-refractivity contribution in [1.29, 1.82) is 0 Å². The van der Waals surface area contributed by atoms with Crippen LogP contribution in [0.1, 0.15) is 0 Å². The van der Waals surface area contributed by atoms with Crippen LogP contribution in [-0.2, 0) is 9.53 Å². The molecule has 0 aromatic rings. The van der Waals surface area contributed by atoms with Crippen molar-refractivity contribution >= 4 is 12.0 Å². The molecule has 17 heavy (non-hydrogen) atoms. The molecule has 0 spiro atoms. The van der Waals surface area contributed by atoms with Crippen LogP contribution < -0.4 is 16.0 Å². The molecule has 2 rings (SSSR count). The minimum Gasteiger partial charge on any atom is -0.443 e. The molecule has 0 aliphatic carbocycles. The molecule has 0 radical (unpaired) electrons. The van der Waals surface area contributed by atoms with Crippen LogP contribution in [0.3, 0.4) is 0 Å². The number of piperazine rings is 1. The zero-order valence-corrected chi connectivity index (χ0v) is 9.86. The zero-order valence-electron chi connectivity index (χ0n) is 9.86. The van der Waals surface area contributed by atoms with Gasteiger partial charge >= 0.3 is 6.09 Å². The Labute approximate surface area is 99.9 Å². The van der Waals surface area contributed by atoms with E-state index in [1.165, 1.54) is 0 Å². The number of alkyl carbamates (subject to hydrolysis) is 1. The summed E-state index contributed by atoms with van der Waals surface area (Å²) < 4.78 is 5.08. The molecular formula is C10H18N4O3. The lowest BCUT2D eigenvalue weighted by molar-refractivity contribution is -0.127. The Kier molecular flexibility index (Phi) is 3.80. The summed E-state index contributed by atoms with van der Waals surface area (Å²) in [4.78, 5) is 24.7. The minimum atomic E-state index is -0.373. The third-order valence-corrected chi connectivity index (χ3v) is 3.09. The molecule has 2 aliphatic rings. The fourth-order valence-corrected chi connectivity index (χ4v) is 2.19. The van der Waals surface area contributed by atoms with E-state index in [-0.39, 0.29) is 24.1 Å². The van der Waals surface area contributed by atoms with Crippen LogP contribution in [0.4, 0.5) is 4.79 Å². The van der Waals surface area contributed by atoms with Crippen molar-refractivity contribution in [2.75, 3.05) is 39.8 Å². The quantitative estimate of drug-likeness (QED) is 0.539. The molecule has 2 amide bonds. The van der Waals surface area contributed by atoms with Crippen LogP contribution in [0.15, 0.2) is 0 Å². The van der Waals surface area contributed by atoms with Gasteiger partial charge in [-0.25, -0.2) is 4.79 Å². The second kappa shape index (κ2) is 5.33. The van der Waals surface area contributed by atoms with Gasteiger partial charge < -0.3 is 20.7 Å². The lowest BCUT2D eigenvalue weighted by Crippen LogP contribution is -2.59. The highest BCUT2D eigenvalue weighted by molar-refractivity contribution is 5.81. The summed E-state index contributed by atoms with van der Waals surface area (Å²) in [6, 6.07) is -0.187. The van der Waals surface area contributed by atoms with E-state index in [4.69, 9.17) is 4.74 Å². The summed E-state index contributed by atoms with van der Waals surface area (Å²) in [6.07, 6.45) is -0.533. The summed E-state index contributed by atoms with van der Waals surface area (Å²) in [7, 11) is 1.63. The van der Waals surface area contributed by atoms with Crippen molar-refractivity contribution in [3.63, 3.8) is 0 Å². The number of likely N-dealkylation sites (N-methyl/N-ethyl adjacent to an activating group) is 1. The van der Waals surface area contributed by atoms with Crippen molar-refractivity contribution in [3.8, 4) is 0 Å². The molecule has 2 atom stereocenters. The molecule has 0 aromatic heterocycles. The van der Waals surface area contributed by atoms with Crippen LogP contribution in [0.5, 0.6) is 0 Å². The number of hydrogen-bond donors (Lipinski definition) is 3. The van der Waals surface area contributed by atoms with E-state index in [9.17, 15) is 9.59 Å². The average Bonchev–Trinajstić information content (AvgIpc) is 2.74. The molecule has 3 N–H and O–H groups in total. The van der Waals surface area contributed by atoms with Gasteiger partial charge in [-0.1, -0.05) is 0 Å². The number of carbonyl (C=O) groups excluding carboxylic acids is 2. The molecular weight excluding hydrogens is 224 g/mol. The normalized spacial score (nSPS) is 29.6. The van der Waals surface area contributed by atoms with Crippen LogP contribution in [0, 0.1) is 0 Å². The van der Waals surface area contributed by atoms with Gasteiger partial charge in [0.15, 0.2) is 0 Å². The lowest BCUT2D eigenvalue weighted by Gasteiger charge is -2.35. The molecule has 7 nitrogen and oxygen atoms in total. The molecule has 7 heteroatoms. The van der Waals surface area contributed by atoms with Crippen LogP contribution in [-0.4, -0.2) is 68.8 Å². The Hall–Kier alpha value is -1.34. The first-order chi connectivity index (χ1) is 8.20. The molecule has 2 saturated heterocycles. The number of ether oxygens (including phenoxy) is 1. The smallest absolute Gasteiger partial charge is 0.407 e. The van der Waals surface area contributed by atoms with E-state index in [0.717, 1.165) is 13.1 Å². The third kappa shape index (κ3) is 2.86. The fourth-order valence-electron chi connectivity index (χ4n) is 2.19. The minimum absolute atomic E-state index is 0.00511. The van der Waals surface area contributed by atoms with E-state index in [2.05, 4.69) is 20.9 Å². The summed E-state index contributed by atoms with van der Waals surface area (Å²) in [5, 5.41) is 8.46. The van der Waals surface area contributed by atoms with Gasteiger partial charge in [0.1, 0.15) is 12.1 Å². The van der Waals surface area contributed by atoms with Gasteiger partial charge in [-0.2, -0.15) is 0 Å². The first-order valence-electron chi connectivity index (χ1n) is 5.81. The van der Waals surface area contributed by atoms with Crippen LogP contribution in [0.25, 0.3) is 0 Å². The second-order valence-corrected chi connectivity index (χ2v) is 4.24. The largest absolute Gasteiger partial charge is 0.443 e. The summed E-state index contributed by atoms with van der Waals surface area (Å²) in [6.45, 7) is 3.38. The monoisotopic (exact) mass is 242 g/mol. The Morgan fingerprint density at radius 1 is 1.59 bits per heavy atom. The molecule has 0 saturated carbocycles. The van der Waals surface area contributed by atoms with Gasteiger partial charge in [-0.05, 0) is 0 Å². The standard InChI is InChI=1S/C10H18N4O3/c1-11-9(15)8-5-12-2-3-14(8)6-7-4-13-10(16)17-7/h7-8,12H,2-6H2,1H3,(H,11,15)(H,13,16). The first-order valence-corrected chi connectivity index (χ1v) is 5.81. The number of amides is 2. The number of nitrogens with one attached hydrogen (secondary N) is 3. The number of rotatable bonds is 3. The van der Waals surface area contributed by atoms with Gasteiger partial charge in [0.25, 0.3) is 0 Å². The van der Waals surface area contributed by atoms with Gasteiger partial charge in [-0.3, -0.25) is 9.69 Å². The van der Waals surface area contributed by atoms with Gasteiger partial charge in [0, 0.05) is 33.2 Å². The Morgan fingerprint density at radius 3 is 3.06 bits per heavy atom. The van der Waals surface area contributed by atoms with Gasteiger partial charge in [0.2, 0.25) is 5.91 Å². The van der Waals surface area contributed by atoms with Gasteiger partial charge in [-0.15, -0.1) is 0 Å². The van der Waals surface area contributed by atoms with Crippen molar-refractivity contribution in [3.05, 3.63) is 0 Å². The molecule has 2 fully saturated rings. The second-order valence-electron chi connectivity index (χ2n) is 4.24. The van der Waals surface area contributed by atoms with Crippen LogP contribution >= 0.6 is 0 Å². The highest BCUT2D eigenvalue weighted by Crippen LogP contribution is 2.08. The maximum absolute atomic E-state index is 11.7. The van der Waals surface area contributed by atoms with Crippen molar-refractivity contribution in [1.82, 2.24) is 20.9 Å². The third-order valence-electron chi connectivity index (χ3n) is 3.09. The molecule has 96 valence electrons. The Morgan fingerprint density at radius 2 is 2.41 bits per heavy atom. The maximum Gasteiger partial charge on any atom is 0.407 e. The van der Waals surface area contributed by atoms with Crippen molar-refractivity contribution in [2.24, 2.45) is 0 Å². The SMILES string of the molecule is CNC(=O)C1CNCCN1CC1CNC(=O)O1. The fraction of sp³-hybridized carbons (Fsp3) is 0.800. The lowest BCUT2D eigenvalue weighted by atomic mass is 10.1. The Bertz CT molecular complexity index is 310. The number of nitrogens with zero attached hydrogens (tertiary/aromatic N) is 1. The highest BCUT2D eigenvalue weighted by atomic mass is 16.6. The molecule has 0 bridgehead atoms. The van der Waals surface area contributed by atoms with E-state index < -0.39 is 0 Å². The Balaban J connectivity index is 1.92. The molecule has 0 aromatic carbocycles. The van der Waals surface area contributed by atoms with E-state index >= 15 is 0 Å². The van der Waals surface area contributed by atoms with Crippen molar-refractivity contribution in [2.45, 2.75) is 12.1 Å². The predicted molar refractivity (Wildman–Crippen MR) is 60.6 cm³/mol. The summed E-state index contributed by atoms with van der Waals surface area (Å²) >= 11 is 0. The van der Waals surface area contributed by atoms with E-state index in [1.807, 2.05) is 0 Å². The van der Waals surface area contributed by atoms with E-state index in [0.29, 0.717) is 19.6 Å². The number of carbonyl (C=O) groups is 2. The van der Waals surface area contributed by atoms with Crippen LogP contribution in [0.2, 0.25) is 0 Å². The number of cyclic esters (lactones) is 1. The molecule has 2 unspecified atom stereocenters. The molecule has 2 heterocycles.